The van der Waals surface area contributed by atoms with Gasteiger partial charge < -0.3 is 25.4 Å². The number of carbonyl (C=O) groups is 2. The van der Waals surface area contributed by atoms with Gasteiger partial charge in [0, 0.05) is 57.1 Å². The second-order valence-electron chi connectivity index (χ2n) is 10.9. The molecule has 3 heterocycles. The van der Waals surface area contributed by atoms with E-state index in [1.165, 1.54) is 11.1 Å². The monoisotopic (exact) mass is 509 g/mol. The van der Waals surface area contributed by atoms with E-state index in [2.05, 4.69) is 38.7 Å². The van der Waals surface area contributed by atoms with E-state index >= 15 is 0 Å². The third-order valence-corrected chi connectivity index (χ3v) is 6.70. The maximum absolute atomic E-state index is 12.7. The number of carbonyl (C=O) groups excluding carboxylic acids is 2. The standard InChI is InChI=1S/C28H39N5O4/c1-28(2,3)37-27(36)33-14-10-23(11-15-33)31-25-16-21(8-12-29-25)26(35)30-17-24(34)19-32-13-9-20-6-4-5-7-22(20)18-32/h4-8,12,16,23-24,34H,9-11,13-15,17-19H2,1-3H3,(H,29,31)(H,30,35). The van der Waals surface area contributed by atoms with E-state index in [0.29, 0.717) is 31.0 Å². The van der Waals surface area contributed by atoms with Crippen molar-refractivity contribution in [3.8, 4) is 0 Å². The van der Waals surface area contributed by atoms with Gasteiger partial charge >= 0.3 is 6.09 Å². The summed E-state index contributed by atoms with van der Waals surface area (Å²) in [6.07, 6.45) is 3.19. The molecule has 200 valence electrons. The number of anilines is 1. The van der Waals surface area contributed by atoms with E-state index in [4.69, 9.17) is 4.74 Å². The zero-order chi connectivity index (χ0) is 26.4. The van der Waals surface area contributed by atoms with Crippen molar-refractivity contribution in [3.05, 3.63) is 59.3 Å². The molecule has 2 aliphatic rings. The number of amides is 2. The molecular formula is C28H39N5O4. The molecule has 37 heavy (non-hydrogen) atoms. The van der Waals surface area contributed by atoms with Gasteiger partial charge in [0.2, 0.25) is 0 Å². The van der Waals surface area contributed by atoms with Gasteiger partial charge in [-0.25, -0.2) is 9.78 Å². The van der Waals surface area contributed by atoms with Gasteiger partial charge in [0.25, 0.3) is 5.91 Å². The molecule has 1 aromatic carbocycles. The van der Waals surface area contributed by atoms with Crippen molar-refractivity contribution in [2.75, 3.05) is 38.0 Å². The lowest BCUT2D eigenvalue weighted by Crippen LogP contribution is -2.44. The Morgan fingerprint density at radius 1 is 1.14 bits per heavy atom. The van der Waals surface area contributed by atoms with E-state index in [0.717, 1.165) is 32.4 Å². The van der Waals surface area contributed by atoms with Crippen LogP contribution in [0.2, 0.25) is 0 Å². The number of benzene rings is 1. The van der Waals surface area contributed by atoms with Gasteiger partial charge in [-0.2, -0.15) is 0 Å². The van der Waals surface area contributed by atoms with Crippen LogP contribution >= 0.6 is 0 Å². The quantitative estimate of drug-likeness (QED) is 0.527. The summed E-state index contributed by atoms with van der Waals surface area (Å²) in [7, 11) is 0. The molecule has 3 N–H and O–H groups in total. The molecule has 0 bridgehead atoms. The predicted molar refractivity (Wildman–Crippen MR) is 142 cm³/mol. The average Bonchev–Trinajstić information content (AvgIpc) is 2.87. The largest absolute Gasteiger partial charge is 0.444 e. The van der Waals surface area contributed by atoms with Crippen LogP contribution in [0.4, 0.5) is 10.6 Å². The topological polar surface area (TPSA) is 107 Å². The first kappa shape index (κ1) is 26.9. The highest BCUT2D eigenvalue weighted by atomic mass is 16.6. The van der Waals surface area contributed by atoms with Crippen molar-refractivity contribution < 1.29 is 19.4 Å². The van der Waals surface area contributed by atoms with Crippen molar-refractivity contribution in [1.29, 1.82) is 0 Å². The number of aliphatic hydroxyl groups is 1. The molecule has 1 atom stereocenters. The van der Waals surface area contributed by atoms with E-state index in [1.54, 1.807) is 23.2 Å². The first-order chi connectivity index (χ1) is 17.7. The summed E-state index contributed by atoms with van der Waals surface area (Å²) in [4.78, 5) is 33.3. The molecule has 0 aliphatic carbocycles. The summed E-state index contributed by atoms with van der Waals surface area (Å²) in [6.45, 7) is 9.22. The lowest BCUT2D eigenvalue weighted by atomic mass is 10.00. The average molecular weight is 510 g/mol. The Kier molecular flexibility index (Phi) is 8.66. The van der Waals surface area contributed by atoms with Crippen molar-refractivity contribution in [2.45, 2.75) is 64.3 Å². The van der Waals surface area contributed by atoms with Gasteiger partial charge in [-0.15, -0.1) is 0 Å². The van der Waals surface area contributed by atoms with Gasteiger partial charge in [0.1, 0.15) is 11.4 Å². The maximum atomic E-state index is 12.7. The number of nitrogens with zero attached hydrogens (tertiary/aromatic N) is 3. The van der Waals surface area contributed by atoms with Crippen molar-refractivity contribution in [3.63, 3.8) is 0 Å². The smallest absolute Gasteiger partial charge is 0.410 e. The van der Waals surface area contributed by atoms with Crippen LogP contribution < -0.4 is 10.6 Å². The Labute approximate surface area is 219 Å². The fraction of sp³-hybridized carbons (Fsp3) is 0.536. The van der Waals surface area contributed by atoms with E-state index in [1.807, 2.05) is 26.8 Å². The number of hydrogen-bond acceptors (Lipinski definition) is 7. The highest BCUT2D eigenvalue weighted by molar-refractivity contribution is 5.94. The number of rotatable bonds is 7. The van der Waals surface area contributed by atoms with Crippen molar-refractivity contribution >= 4 is 17.8 Å². The highest BCUT2D eigenvalue weighted by Crippen LogP contribution is 2.20. The molecule has 9 nitrogen and oxygen atoms in total. The van der Waals surface area contributed by atoms with Crippen LogP contribution in [0.15, 0.2) is 42.6 Å². The molecule has 2 aliphatic heterocycles. The Morgan fingerprint density at radius 3 is 2.59 bits per heavy atom. The third kappa shape index (κ3) is 7.90. The summed E-state index contributed by atoms with van der Waals surface area (Å²) >= 11 is 0. The molecule has 4 rings (SSSR count). The Bertz CT molecular complexity index is 1080. The van der Waals surface area contributed by atoms with Gasteiger partial charge in [-0.05, 0) is 63.3 Å². The van der Waals surface area contributed by atoms with Gasteiger partial charge in [-0.1, -0.05) is 24.3 Å². The van der Waals surface area contributed by atoms with Crippen LogP contribution in [0.3, 0.4) is 0 Å². The number of hydrogen-bond donors (Lipinski definition) is 3. The van der Waals surface area contributed by atoms with Crippen molar-refractivity contribution in [1.82, 2.24) is 20.1 Å². The molecule has 1 aromatic heterocycles. The van der Waals surface area contributed by atoms with Crippen LogP contribution in [0.5, 0.6) is 0 Å². The van der Waals surface area contributed by atoms with Crippen LogP contribution in [-0.2, 0) is 17.7 Å². The maximum Gasteiger partial charge on any atom is 0.410 e. The number of likely N-dealkylation sites (tertiary alicyclic amines) is 1. The number of nitrogens with one attached hydrogen (secondary N) is 2. The number of ether oxygens (including phenoxy) is 1. The number of fused-ring (bicyclic) bond motifs is 1. The molecule has 1 unspecified atom stereocenters. The minimum atomic E-state index is -0.649. The van der Waals surface area contributed by atoms with Crippen LogP contribution in [0, 0.1) is 0 Å². The SMILES string of the molecule is CC(C)(C)OC(=O)N1CCC(Nc2cc(C(=O)NCC(O)CN3CCc4ccccc4C3)ccn2)CC1. The fourth-order valence-corrected chi connectivity index (χ4v) is 4.78. The predicted octanol–water partition coefficient (Wildman–Crippen LogP) is 3.04. The number of aromatic nitrogens is 1. The number of piperidine rings is 1. The van der Waals surface area contributed by atoms with E-state index in [9.17, 15) is 14.7 Å². The zero-order valence-electron chi connectivity index (χ0n) is 22.1. The molecular weight excluding hydrogens is 470 g/mol. The summed E-state index contributed by atoms with van der Waals surface area (Å²) in [5, 5.41) is 16.8. The Hall–Kier alpha value is -3.17. The molecule has 0 radical (unpaired) electrons. The van der Waals surface area contributed by atoms with E-state index < -0.39 is 11.7 Å². The number of aliphatic hydroxyl groups excluding tert-OH is 1. The minimum absolute atomic E-state index is 0.154. The third-order valence-electron chi connectivity index (χ3n) is 6.70. The van der Waals surface area contributed by atoms with E-state index in [-0.39, 0.29) is 24.6 Å². The lowest BCUT2D eigenvalue weighted by molar-refractivity contribution is 0.0210. The summed E-state index contributed by atoms with van der Waals surface area (Å²) in [5.74, 6) is 0.379. The molecule has 2 amide bonds. The Balaban J connectivity index is 1.21. The normalized spacial score (nSPS) is 17.6. The van der Waals surface area contributed by atoms with Gasteiger partial charge in [-0.3, -0.25) is 9.69 Å². The number of pyridine rings is 1. The highest BCUT2D eigenvalue weighted by Gasteiger charge is 2.27. The minimum Gasteiger partial charge on any atom is -0.444 e. The zero-order valence-corrected chi connectivity index (χ0v) is 22.1. The molecule has 0 spiro atoms. The first-order valence-electron chi connectivity index (χ1n) is 13.1. The van der Waals surface area contributed by atoms with Gasteiger partial charge in [0.15, 0.2) is 0 Å². The molecule has 1 fully saturated rings. The molecule has 9 heteroatoms. The second-order valence-corrected chi connectivity index (χ2v) is 10.9. The molecule has 0 saturated carbocycles. The first-order valence-corrected chi connectivity index (χ1v) is 13.1. The molecule has 1 saturated heterocycles. The molecule has 2 aromatic rings. The summed E-state index contributed by atoms with van der Waals surface area (Å²) in [6, 6.07) is 11.9. The summed E-state index contributed by atoms with van der Waals surface area (Å²) < 4.78 is 5.46. The Morgan fingerprint density at radius 2 is 1.86 bits per heavy atom. The second kappa shape index (κ2) is 11.9. The van der Waals surface area contributed by atoms with Crippen molar-refractivity contribution in [2.24, 2.45) is 0 Å². The van der Waals surface area contributed by atoms with Crippen LogP contribution in [-0.4, -0.2) is 82.4 Å². The van der Waals surface area contributed by atoms with Crippen LogP contribution in [0.25, 0.3) is 0 Å². The summed E-state index contributed by atoms with van der Waals surface area (Å²) in [5.41, 5.74) is 2.66. The van der Waals surface area contributed by atoms with Gasteiger partial charge in [0.05, 0.1) is 6.10 Å². The lowest BCUT2D eigenvalue weighted by Gasteiger charge is -2.33. The van der Waals surface area contributed by atoms with Crippen LogP contribution in [0.1, 0.15) is 55.1 Å². The number of β-amino-alcohol motifs (C(OH)–C–C–N with tert-alkyl or cyclic N) is 1. The fourth-order valence-electron chi connectivity index (χ4n) is 4.78.